The smallest absolute Gasteiger partial charge is 0.410 e. The first kappa shape index (κ1) is 22.7. The van der Waals surface area contributed by atoms with Crippen molar-refractivity contribution in [1.82, 2.24) is 9.62 Å². The third-order valence-corrected chi connectivity index (χ3v) is 7.25. The molecule has 30 heavy (non-hydrogen) atoms. The summed E-state index contributed by atoms with van der Waals surface area (Å²) in [5.74, 6) is 0. The Hall–Kier alpha value is -2.02. The largest absolute Gasteiger partial charge is 0.598 e. The summed E-state index contributed by atoms with van der Waals surface area (Å²) < 4.78 is 21.3. The molecular formula is C24H32N2O3S. The van der Waals surface area contributed by atoms with Crippen LogP contribution in [0.25, 0.3) is 0 Å². The molecule has 2 aromatic rings. The molecular weight excluding hydrogens is 396 g/mol. The van der Waals surface area contributed by atoms with Gasteiger partial charge >= 0.3 is 6.09 Å². The highest BCUT2D eigenvalue weighted by Crippen LogP contribution is 2.38. The van der Waals surface area contributed by atoms with E-state index < -0.39 is 16.9 Å². The van der Waals surface area contributed by atoms with Crippen LogP contribution in [0.5, 0.6) is 0 Å². The zero-order chi connectivity index (χ0) is 21.8. The molecule has 0 aliphatic carbocycles. The molecule has 1 saturated heterocycles. The summed E-state index contributed by atoms with van der Waals surface area (Å²) >= 11 is -1.16. The van der Waals surface area contributed by atoms with E-state index in [0.717, 1.165) is 17.5 Å². The van der Waals surface area contributed by atoms with Crippen LogP contribution in [-0.4, -0.2) is 32.9 Å². The van der Waals surface area contributed by atoms with Crippen LogP contribution < -0.4 is 4.72 Å². The summed E-state index contributed by atoms with van der Waals surface area (Å²) in [6, 6.07) is 19.8. The van der Waals surface area contributed by atoms with Crippen LogP contribution in [0, 0.1) is 0 Å². The van der Waals surface area contributed by atoms with E-state index in [1.807, 2.05) is 86.3 Å². The quantitative estimate of drug-likeness (QED) is 0.698. The Kier molecular flexibility index (Phi) is 7.11. The molecule has 1 heterocycles. The van der Waals surface area contributed by atoms with Gasteiger partial charge < -0.3 is 9.29 Å². The molecule has 0 spiro atoms. The number of amides is 1. The summed E-state index contributed by atoms with van der Waals surface area (Å²) in [5, 5.41) is 0. The number of likely N-dealkylation sites (tertiary alicyclic amines) is 1. The standard InChI is InChI=1S/C24H32N2O3S/c1-23(2,3)30(28)25-21-15-16-26(22(27)29-18-19-11-7-5-8-12-19)24(4,17-21)20-13-9-6-10-14-20/h5-14,21,25H,15-18H2,1-4H3/t21?,24?,30-/m1/s1. The van der Waals surface area contributed by atoms with Crippen molar-refractivity contribution in [2.24, 2.45) is 0 Å². The van der Waals surface area contributed by atoms with E-state index in [2.05, 4.69) is 11.6 Å². The van der Waals surface area contributed by atoms with Gasteiger partial charge in [0.05, 0.1) is 11.6 Å². The minimum Gasteiger partial charge on any atom is -0.598 e. The highest BCUT2D eigenvalue weighted by molar-refractivity contribution is 7.90. The number of nitrogens with one attached hydrogen (secondary N) is 1. The molecule has 1 fully saturated rings. The molecule has 0 aromatic heterocycles. The van der Waals surface area contributed by atoms with Crippen molar-refractivity contribution in [2.75, 3.05) is 6.54 Å². The predicted molar refractivity (Wildman–Crippen MR) is 121 cm³/mol. The van der Waals surface area contributed by atoms with Gasteiger partial charge in [-0.15, -0.1) is 4.72 Å². The van der Waals surface area contributed by atoms with Gasteiger partial charge in [0.1, 0.15) is 11.4 Å². The van der Waals surface area contributed by atoms with Gasteiger partial charge in [0, 0.05) is 17.9 Å². The number of hydrogen-bond donors (Lipinski definition) is 1. The Labute approximate surface area is 183 Å². The van der Waals surface area contributed by atoms with E-state index in [9.17, 15) is 9.35 Å². The zero-order valence-corrected chi connectivity index (χ0v) is 19.1. The number of piperidine rings is 1. The first-order valence-corrected chi connectivity index (χ1v) is 11.6. The molecule has 6 heteroatoms. The maximum Gasteiger partial charge on any atom is 0.410 e. The molecule has 1 N–H and O–H groups in total. The molecule has 1 aliphatic rings. The molecule has 162 valence electrons. The third-order valence-electron chi connectivity index (χ3n) is 5.59. The predicted octanol–water partition coefficient (Wildman–Crippen LogP) is 4.75. The van der Waals surface area contributed by atoms with Crippen molar-refractivity contribution >= 4 is 17.5 Å². The van der Waals surface area contributed by atoms with Crippen LogP contribution in [0.3, 0.4) is 0 Å². The fraction of sp³-hybridized carbons (Fsp3) is 0.458. The number of rotatable bonds is 5. The van der Waals surface area contributed by atoms with Crippen molar-refractivity contribution in [3.63, 3.8) is 0 Å². The van der Waals surface area contributed by atoms with E-state index >= 15 is 0 Å². The molecule has 0 bridgehead atoms. The fourth-order valence-corrected chi connectivity index (χ4v) is 4.67. The minimum absolute atomic E-state index is 0.0495. The van der Waals surface area contributed by atoms with Crippen LogP contribution in [-0.2, 0) is 28.2 Å². The van der Waals surface area contributed by atoms with Crippen molar-refractivity contribution in [3.8, 4) is 0 Å². The highest BCUT2D eigenvalue weighted by atomic mass is 32.2. The first-order valence-electron chi connectivity index (χ1n) is 10.4. The van der Waals surface area contributed by atoms with Gasteiger partial charge in [0.2, 0.25) is 0 Å². The number of carbonyl (C=O) groups is 1. The summed E-state index contributed by atoms with van der Waals surface area (Å²) in [7, 11) is 0. The Morgan fingerprint density at radius 2 is 1.77 bits per heavy atom. The molecule has 5 nitrogen and oxygen atoms in total. The molecule has 2 unspecified atom stereocenters. The first-order chi connectivity index (χ1) is 14.2. The van der Waals surface area contributed by atoms with Crippen molar-refractivity contribution in [1.29, 1.82) is 0 Å². The van der Waals surface area contributed by atoms with Crippen molar-refractivity contribution < 1.29 is 14.1 Å². The van der Waals surface area contributed by atoms with Crippen LogP contribution in [0.4, 0.5) is 4.79 Å². The van der Waals surface area contributed by atoms with Gasteiger partial charge in [-0.25, -0.2) is 4.79 Å². The third kappa shape index (κ3) is 5.36. The maximum absolute atomic E-state index is 13.1. The minimum atomic E-state index is -1.16. The topological polar surface area (TPSA) is 64.6 Å². The number of nitrogens with zero attached hydrogens (tertiary/aromatic N) is 1. The zero-order valence-electron chi connectivity index (χ0n) is 18.3. The molecule has 0 saturated carbocycles. The van der Waals surface area contributed by atoms with Gasteiger partial charge in [0.25, 0.3) is 0 Å². The summed E-state index contributed by atoms with van der Waals surface area (Å²) in [5.41, 5.74) is 1.46. The van der Waals surface area contributed by atoms with E-state index in [1.54, 1.807) is 0 Å². The van der Waals surface area contributed by atoms with Gasteiger partial charge in [-0.1, -0.05) is 60.7 Å². The van der Waals surface area contributed by atoms with E-state index in [-0.39, 0.29) is 23.5 Å². The van der Waals surface area contributed by atoms with Gasteiger partial charge in [-0.3, -0.25) is 4.90 Å². The second kappa shape index (κ2) is 9.41. The molecule has 0 radical (unpaired) electrons. The summed E-state index contributed by atoms with van der Waals surface area (Å²) in [6.07, 6.45) is 1.07. The fourth-order valence-electron chi connectivity index (χ4n) is 3.81. The van der Waals surface area contributed by atoms with E-state index in [4.69, 9.17) is 4.74 Å². The van der Waals surface area contributed by atoms with Gasteiger partial charge in [-0.05, 0) is 51.7 Å². The Bertz CT molecular complexity index is 825. The summed E-state index contributed by atoms with van der Waals surface area (Å²) in [4.78, 5) is 14.9. The number of hydrogen-bond acceptors (Lipinski definition) is 4. The Morgan fingerprint density at radius 1 is 1.17 bits per heavy atom. The van der Waals surface area contributed by atoms with E-state index in [1.165, 1.54) is 0 Å². The lowest BCUT2D eigenvalue weighted by Gasteiger charge is -2.47. The maximum atomic E-state index is 13.1. The lowest BCUT2D eigenvalue weighted by Crippen LogP contribution is -2.58. The van der Waals surface area contributed by atoms with Crippen LogP contribution in [0.2, 0.25) is 0 Å². The van der Waals surface area contributed by atoms with Crippen LogP contribution >= 0.6 is 0 Å². The number of ether oxygens (including phenoxy) is 1. The average Bonchev–Trinajstić information content (AvgIpc) is 2.73. The molecule has 1 aliphatic heterocycles. The lowest BCUT2D eigenvalue weighted by atomic mass is 9.80. The molecule has 3 rings (SSSR count). The van der Waals surface area contributed by atoms with Crippen molar-refractivity contribution in [2.45, 2.75) is 63.5 Å². The van der Waals surface area contributed by atoms with Crippen molar-refractivity contribution in [3.05, 3.63) is 71.8 Å². The average molecular weight is 429 g/mol. The normalized spacial score (nSPS) is 23.1. The van der Waals surface area contributed by atoms with Crippen LogP contribution in [0.1, 0.15) is 51.7 Å². The number of benzene rings is 2. The second-order valence-electron chi connectivity index (χ2n) is 9.02. The monoisotopic (exact) mass is 428 g/mol. The molecule has 3 atom stereocenters. The van der Waals surface area contributed by atoms with E-state index in [0.29, 0.717) is 13.0 Å². The summed E-state index contributed by atoms with van der Waals surface area (Å²) in [6.45, 7) is 8.74. The van der Waals surface area contributed by atoms with Gasteiger partial charge in [0.15, 0.2) is 0 Å². The molecule has 1 amide bonds. The lowest BCUT2D eigenvalue weighted by molar-refractivity contribution is 0.0229. The number of carbonyl (C=O) groups excluding carboxylic acids is 1. The van der Waals surface area contributed by atoms with Gasteiger partial charge in [-0.2, -0.15) is 0 Å². The SMILES string of the molecule is CC1(c2ccccc2)CC(N[S@+]([O-])C(C)(C)C)CCN1C(=O)OCc1ccccc1. The Morgan fingerprint density at radius 3 is 2.37 bits per heavy atom. The highest BCUT2D eigenvalue weighted by Gasteiger charge is 2.45. The Balaban J connectivity index is 1.77. The molecule has 2 aromatic carbocycles. The second-order valence-corrected chi connectivity index (χ2v) is 11.0. The van der Waals surface area contributed by atoms with Crippen LogP contribution in [0.15, 0.2) is 60.7 Å².